The van der Waals surface area contributed by atoms with Crippen LogP contribution in [0, 0.1) is 0 Å². The predicted octanol–water partition coefficient (Wildman–Crippen LogP) is 3.23. The summed E-state index contributed by atoms with van der Waals surface area (Å²) in [6.45, 7) is 1.80. The molecule has 3 heterocycles. The Labute approximate surface area is 127 Å². The average Bonchev–Trinajstić information content (AvgIpc) is 2.87. The molecule has 1 atom stereocenters. The molecule has 108 valence electrons. The number of likely N-dealkylation sites (N-methyl/N-ethyl adjacent to an activating group) is 1. The molecule has 0 amide bonds. The van der Waals surface area contributed by atoms with Gasteiger partial charge in [-0.15, -0.1) is 0 Å². The standard InChI is InChI=1S/C15H20BrN3O/c1-18(11-12-6-3-5-9-20-12)15-13(10-16)19-8-4-2-7-14(19)17-15/h2,4,7-8,12H,3,5-6,9-11H2,1H3. The van der Waals surface area contributed by atoms with E-state index < -0.39 is 0 Å². The predicted molar refractivity (Wildman–Crippen MR) is 84.7 cm³/mol. The quantitative estimate of drug-likeness (QED) is 0.802. The lowest BCUT2D eigenvalue weighted by atomic mass is 10.1. The first-order chi connectivity index (χ1) is 9.79. The number of hydrogen-bond donors (Lipinski definition) is 0. The number of aromatic nitrogens is 2. The fraction of sp³-hybridized carbons (Fsp3) is 0.533. The van der Waals surface area contributed by atoms with Crippen molar-refractivity contribution in [2.75, 3.05) is 25.1 Å². The van der Waals surface area contributed by atoms with Gasteiger partial charge in [0.1, 0.15) is 5.65 Å². The lowest BCUT2D eigenvalue weighted by Gasteiger charge is -2.27. The molecule has 1 aliphatic heterocycles. The van der Waals surface area contributed by atoms with Gasteiger partial charge in [0.05, 0.1) is 11.8 Å². The van der Waals surface area contributed by atoms with Crippen molar-refractivity contribution in [3.63, 3.8) is 0 Å². The molecule has 2 aromatic heterocycles. The molecule has 0 bridgehead atoms. The van der Waals surface area contributed by atoms with Crippen LogP contribution in [0.2, 0.25) is 0 Å². The third-order valence-corrected chi connectivity index (χ3v) is 4.38. The van der Waals surface area contributed by atoms with Crippen LogP contribution in [0.3, 0.4) is 0 Å². The summed E-state index contributed by atoms with van der Waals surface area (Å²) in [5.74, 6) is 1.04. The van der Waals surface area contributed by atoms with Gasteiger partial charge in [-0.25, -0.2) is 4.98 Å². The van der Waals surface area contributed by atoms with Crippen molar-refractivity contribution < 1.29 is 4.74 Å². The molecule has 1 fully saturated rings. The van der Waals surface area contributed by atoms with Crippen LogP contribution in [0.5, 0.6) is 0 Å². The molecule has 5 heteroatoms. The summed E-state index contributed by atoms with van der Waals surface area (Å²) in [5, 5.41) is 0.795. The van der Waals surface area contributed by atoms with Crippen molar-refractivity contribution in [1.82, 2.24) is 9.38 Å². The van der Waals surface area contributed by atoms with E-state index in [-0.39, 0.29) is 0 Å². The maximum absolute atomic E-state index is 5.83. The van der Waals surface area contributed by atoms with Crippen LogP contribution < -0.4 is 4.90 Å². The van der Waals surface area contributed by atoms with E-state index in [9.17, 15) is 0 Å². The Hall–Kier alpha value is -1.07. The summed E-state index contributed by atoms with van der Waals surface area (Å²) in [7, 11) is 2.10. The van der Waals surface area contributed by atoms with Gasteiger partial charge in [0, 0.05) is 31.7 Å². The lowest BCUT2D eigenvalue weighted by molar-refractivity contribution is 0.0215. The number of imidazole rings is 1. The second-order valence-corrected chi connectivity index (χ2v) is 5.87. The smallest absolute Gasteiger partial charge is 0.151 e. The van der Waals surface area contributed by atoms with E-state index >= 15 is 0 Å². The van der Waals surface area contributed by atoms with Gasteiger partial charge in [0.25, 0.3) is 0 Å². The molecule has 0 aliphatic carbocycles. The summed E-state index contributed by atoms with van der Waals surface area (Å²) >= 11 is 3.58. The van der Waals surface area contributed by atoms with Gasteiger partial charge in [-0.3, -0.25) is 0 Å². The summed E-state index contributed by atoms with van der Waals surface area (Å²) in [4.78, 5) is 6.97. The van der Waals surface area contributed by atoms with E-state index in [1.54, 1.807) is 0 Å². The first-order valence-electron chi connectivity index (χ1n) is 7.14. The highest BCUT2D eigenvalue weighted by molar-refractivity contribution is 9.08. The Bertz CT molecular complexity index is 578. The SMILES string of the molecule is CN(CC1CCCCO1)c1nc2ccccn2c1CBr. The normalized spacial score (nSPS) is 19.4. The van der Waals surface area contributed by atoms with E-state index in [2.05, 4.69) is 38.5 Å². The van der Waals surface area contributed by atoms with E-state index in [1.165, 1.54) is 18.5 Å². The number of fused-ring (bicyclic) bond motifs is 1. The van der Waals surface area contributed by atoms with Gasteiger partial charge in [-0.1, -0.05) is 22.0 Å². The highest BCUT2D eigenvalue weighted by Crippen LogP contribution is 2.24. The summed E-state index contributed by atoms with van der Waals surface area (Å²) in [6.07, 6.45) is 6.02. The van der Waals surface area contributed by atoms with Crippen LogP contribution in [0.4, 0.5) is 5.82 Å². The zero-order chi connectivity index (χ0) is 13.9. The second kappa shape index (κ2) is 6.14. The Morgan fingerprint density at radius 3 is 3.10 bits per heavy atom. The molecule has 0 radical (unpaired) electrons. The molecule has 20 heavy (non-hydrogen) atoms. The zero-order valence-corrected chi connectivity index (χ0v) is 13.3. The minimum atomic E-state index is 0.335. The van der Waals surface area contributed by atoms with Crippen molar-refractivity contribution in [2.24, 2.45) is 0 Å². The van der Waals surface area contributed by atoms with E-state index in [0.29, 0.717) is 6.10 Å². The highest BCUT2D eigenvalue weighted by atomic mass is 79.9. The van der Waals surface area contributed by atoms with Crippen molar-refractivity contribution in [1.29, 1.82) is 0 Å². The van der Waals surface area contributed by atoms with Crippen molar-refractivity contribution in [2.45, 2.75) is 30.7 Å². The maximum atomic E-state index is 5.83. The molecule has 2 aromatic rings. The monoisotopic (exact) mass is 337 g/mol. The number of anilines is 1. The third-order valence-electron chi connectivity index (χ3n) is 3.85. The van der Waals surface area contributed by atoms with Gasteiger partial charge in [0.2, 0.25) is 0 Å². The molecular formula is C15H20BrN3O. The first-order valence-corrected chi connectivity index (χ1v) is 8.26. The number of rotatable bonds is 4. The Morgan fingerprint density at radius 1 is 1.45 bits per heavy atom. The molecule has 1 unspecified atom stereocenters. The molecule has 1 saturated heterocycles. The molecule has 0 aromatic carbocycles. The van der Waals surface area contributed by atoms with Crippen LogP contribution in [0.25, 0.3) is 5.65 Å². The Morgan fingerprint density at radius 2 is 2.35 bits per heavy atom. The van der Waals surface area contributed by atoms with Gasteiger partial charge < -0.3 is 14.0 Å². The Balaban J connectivity index is 1.84. The number of nitrogens with zero attached hydrogens (tertiary/aromatic N) is 3. The largest absolute Gasteiger partial charge is 0.376 e. The molecule has 1 aliphatic rings. The third kappa shape index (κ3) is 2.69. The fourth-order valence-corrected chi connectivity index (χ4v) is 3.33. The molecule has 4 nitrogen and oxygen atoms in total. The van der Waals surface area contributed by atoms with Crippen LogP contribution in [0.15, 0.2) is 24.4 Å². The first kappa shape index (κ1) is 13.9. The van der Waals surface area contributed by atoms with E-state index in [4.69, 9.17) is 9.72 Å². The van der Waals surface area contributed by atoms with Crippen molar-refractivity contribution in [3.8, 4) is 0 Å². The van der Waals surface area contributed by atoms with E-state index in [0.717, 1.165) is 36.4 Å². The fourth-order valence-electron chi connectivity index (χ4n) is 2.81. The van der Waals surface area contributed by atoms with Crippen LogP contribution in [-0.2, 0) is 10.1 Å². The number of halogens is 1. The molecular weight excluding hydrogens is 318 g/mol. The average molecular weight is 338 g/mol. The van der Waals surface area contributed by atoms with Crippen LogP contribution >= 0.6 is 15.9 Å². The minimum Gasteiger partial charge on any atom is -0.376 e. The number of ether oxygens (including phenoxy) is 1. The number of pyridine rings is 1. The van der Waals surface area contributed by atoms with Gasteiger partial charge in [-0.2, -0.15) is 0 Å². The van der Waals surface area contributed by atoms with E-state index in [1.807, 2.05) is 18.2 Å². The molecule has 0 spiro atoms. The second-order valence-electron chi connectivity index (χ2n) is 5.31. The maximum Gasteiger partial charge on any atom is 0.151 e. The lowest BCUT2D eigenvalue weighted by Crippen LogP contribution is -2.33. The van der Waals surface area contributed by atoms with Gasteiger partial charge in [0.15, 0.2) is 5.82 Å². The van der Waals surface area contributed by atoms with Crippen LogP contribution in [0.1, 0.15) is 25.0 Å². The van der Waals surface area contributed by atoms with Crippen molar-refractivity contribution in [3.05, 3.63) is 30.1 Å². The molecule has 0 saturated carbocycles. The molecule has 3 rings (SSSR count). The minimum absolute atomic E-state index is 0.335. The highest BCUT2D eigenvalue weighted by Gasteiger charge is 2.20. The molecule has 0 N–H and O–H groups in total. The van der Waals surface area contributed by atoms with Gasteiger partial charge >= 0.3 is 0 Å². The van der Waals surface area contributed by atoms with Crippen molar-refractivity contribution >= 4 is 27.4 Å². The van der Waals surface area contributed by atoms with Gasteiger partial charge in [-0.05, 0) is 31.4 Å². The zero-order valence-electron chi connectivity index (χ0n) is 11.8. The number of alkyl halides is 1. The summed E-state index contributed by atoms with van der Waals surface area (Å²) in [6, 6.07) is 6.10. The summed E-state index contributed by atoms with van der Waals surface area (Å²) < 4.78 is 7.97. The Kier molecular flexibility index (Phi) is 4.27. The van der Waals surface area contributed by atoms with Crippen LogP contribution in [-0.4, -0.2) is 35.7 Å². The topological polar surface area (TPSA) is 29.8 Å². The summed E-state index contributed by atoms with van der Waals surface area (Å²) in [5.41, 5.74) is 2.19. The number of hydrogen-bond acceptors (Lipinski definition) is 3.